The number of carbonyl (C=O) groups excluding carboxylic acids is 1. The average Bonchev–Trinajstić information content (AvgIpc) is 3.10. The zero-order valence-electron chi connectivity index (χ0n) is 14.7. The van der Waals surface area contributed by atoms with Crippen LogP contribution >= 0.6 is 11.6 Å². The van der Waals surface area contributed by atoms with Crippen molar-refractivity contribution in [2.24, 2.45) is 0 Å². The Morgan fingerprint density at radius 3 is 2.65 bits per heavy atom. The summed E-state index contributed by atoms with van der Waals surface area (Å²) in [6.45, 7) is 4.95. The molecule has 0 radical (unpaired) electrons. The number of carboxylic acid groups (broad SMARTS) is 1. The molecule has 7 heteroatoms. The summed E-state index contributed by atoms with van der Waals surface area (Å²) in [4.78, 5) is 24.7. The Labute approximate surface area is 157 Å². The number of benzene rings is 1. The molecule has 0 saturated heterocycles. The van der Waals surface area contributed by atoms with E-state index in [1.54, 1.807) is 25.3 Å². The number of allylic oxidation sites excluding steroid dienone is 2. The summed E-state index contributed by atoms with van der Waals surface area (Å²) in [7, 11) is 0. The molecular formula is C19H21ClN2O4. The molecule has 6 nitrogen and oxygen atoms in total. The maximum absolute atomic E-state index is 11.1. The van der Waals surface area contributed by atoms with E-state index in [-0.39, 0.29) is 0 Å². The van der Waals surface area contributed by atoms with Gasteiger partial charge < -0.3 is 14.4 Å². The summed E-state index contributed by atoms with van der Waals surface area (Å²) in [5.74, 6) is -0.873. The van der Waals surface area contributed by atoms with Gasteiger partial charge in [-0.1, -0.05) is 6.07 Å². The predicted octanol–water partition coefficient (Wildman–Crippen LogP) is 4.38. The van der Waals surface area contributed by atoms with E-state index in [9.17, 15) is 9.59 Å². The lowest BCUT2D eigenvalue weighted by Gasteiger charge is -2.22. The number of fused-ring (bicyclic) bond motifs is 1. The molecule has 1 aliphatic rings. The van der Waals surface area contributed by atoms with Gasteiger partial charge in [-0.25, -0.2) is 14.6 Å². The molecule has 0 fully saturated rings. The fourth-order valence-electron chi connectivity index (χ4n) is 2.85. The van der Waals surface area contributed by atoms with Crippen molar-refractivity contribution in [2.75, 3.05) is 6.61 Å². The van der Waals surface area contributed by atoms with Crippen molar-refractivity contribution < 1.29 is 19.4 Å². The Morgan fingerprint density at radius 2 is 2.12 bits per heavy atom. The fraction of sp³-hybridized carbons (Fsp3) is 0.316. The quantitative estimate of drug-likeness (QED) is 0.800. The topological polar surface area (TPSA) is 81.4 Å². The Bertz CT molecular complexity index is 813. The number of carbonyl (C=O) groups is 2. The average molecular weight is 377 g/mol. The van der Waals surface area contributed by atoms with Crippen molar-refractivity contribution >= 4 is 28.6 Å². The zero-order valence-corrected chi connectivity index (χ0v) is 15.5. The molecule has 1 aliphatic carbocycles. The summed E-state index contributed by atoms with van der Waals surface area (Å²) >= 11 is 4.72. The molecule has 0 aliphatic heterocycles. The standard InChI is InChI=1S/C16H16N2O2.C3H5ClO2/c1-11-14(9-18-7-6-17-10-18)5-3-12-2-4-13(16(19)20)8-15(11)12;1-2-6-3(4)5/h2,4,6-8,10H,3,5,9H2,1H3,(H,19,20);2H2,1H3. The number of halogens is 1. The smallest absolute Gasteiger partial charge is 0.403 e. The number of aromatic nitrogens is 2. The minimum absolute atomic E-state index is 0.350. The first-order valence-electron chi connectivity index (χ1n) is 8.25. The molecule has 3 rings (SSSR count). The number of hydrogen-bond donors (Lipinski definition) is 1. The summed E-state index contributed by atoms with van der Waals surface area (Å²) < 4.78 is 6.21. The van der Waals surface area contributed by atoms with Gasteiger partial charge in [-0.2, -0.15) is 0 Å². The fourth-order valence-corrected chi connectivity index (χ4v) is 2.96. The third-order valence-corrected chi connectivity index (χ3v) is 4.29. The van der Waals surface area contributed by atoms with Crippen LogP contribution in [0, 0.1) is 0 Å². The lowest BCUT2D eigenvalue weighted by atomic mass is 9.85. The highest BCUT2D eigenvalue weighted by atomic mass is 35.5. The van der Waals surface area contributed by atoms with E-state index in [1.807, 2.05) is 23.2 Å². The largest absolute Gasteiger partial charge is 0.478 e. The third-order valence-electron chi connectivity index (χ3n) is 4.18. The summed E-state index contributed by atoms with van der Waals surface area (Å²) in [6.07, 6.45) is 7.52. The molecule has 1 heterocycles. The monoisotopic (exact) mass is 376 g/mol. The van der Waals surface area contributed by atoms with E-state index < -0.39 is 11.4 Å². The number of hydrogen-bond acceptors (Lipinski definition) is 4. The summed E-state index contributed by atoms with van der Waals surface area (Å²) in [5, 5.41) is 9.12. The molecule has 1 aromatic carbocycles. The van der Waals surface area contributed by atoms with Gasteiger partial charge in [-0.3, -0.25) is 0 Å². The minimum atomic E-state index is -0.873. The van der Waals surface area contributed by atoms with E-state index >= 15 is 0 Å². The number of aromatic carboxylic acids is 1. The number of imidazole rings is 1. The van der Waals surface area contributed by atoms with Crippen LogP contribution in [0.5, 0.6) is 0 Å². The Morgan fingerprint density at radius 1 is 1.35 bits per heavy atom. The van der Waals surface area contributed by atoms with Crippen LogP contribution in [-0.2, 0) is 17.7 Å². The van der Waals surface area contributed by atoms with E-state index in [1.165, 1.54) is 16.7 Å². The number of ether oxygens (including phenoxy) is 1. The highest BCUT2D eigenvalue weighted by Crippen LogP contribution is 2.32. The van der Waals surface area contributed by atoms with Crippen molar-refractivity contribution in [1.29, 1.82) is 0 Å². The first-order valence-corrected chi connectivity index (χ1v) is 8.63. The van der Waals surface area contributed by atoms with Gasteiger partial charge in [0.1, 0.15) is 0 Å². The summed E-state index contributed by atoms with van der Waals surface area (Å²) in [6, 6.07) is 5.42. The van der Waals surface area contributed by atoms with E-state index in [4.69, 9.17) is 16.7 Å². The van der Waals surface area contributed by atoms with Crippen LogP contribution in [0.4, 0.5) is 4.79 Å². The van der Waals surface area contributed by atoms with Crippen LogP contribution in [0.15, 0.2) is 42.5 Å². The second-order valence-electron chi connectivity index (χ2n) is 5.81. The second kappa shape index (κ2) is 9.20. The van der Waals surface area contributed by atoms with Gasteiger partial charge in [-0.05, 0) is 61.1 Å². The molecule has 0 atom stereocenters. The molecule has 2 aromatic rings. The minimum Gasteiger partial charge on any atom is -0.478 e. The molecular weight excluding hydrogens is 356 g/mol. The van der Waals surface area contributed by atoms with Gasteiger partial charge >= 0.3 is 11.4 Å². The van der Waals surface area contributed by atoms with E-state index in [0.29, 0.717) is 12.2 Å². The van der Waals surface area contributed by atoms with Crippen molar-refractivity contribution in [1.82, 2.24) is 9.55 Å². The van der Waals surface area contributed by atoms with Gasteiger partial charge in [0, 0.05) is 30.5 Å². The zero-order chi connectivity index (χ0) is 19.1. The number of rotatable bonds is 4. The lowest BCUT2D eigenvalue weighted by molar-refractivity contribution is 0.0696. The van der Waals surface area contributed by atoms with Crippen LogP contribution < -0.4 is 0 Å². The molecule has 0 spiro atoms. The molecule has 1 N–H and O–H groups in total. The van der Waals surface area contributed by atoms with Crippen LogP contribution in [0.2, 0.25) is 0 Å². The number of nitrogens with zero attached hydrogens (tertiary/aromatic N) is 2. The van der Waals surface area contributed by atoms with Crippen LogP contribution in [-0.4, -0.2) is 32.7 Å². The van der Waals surface area contributed by atoms with Gasteiger partial charge in [0.05, 0.1) is 18.5 Å². The van der Waals surface area contributed by atoms with Gasteiger partial charge in [0.2, 0.25) is 0 Å². The number of carboxylic acids is 1. The molecule has 0 bridgehead atoms. The number of aryl methyl sites for hydroxylation is 1. The molecule has 0 unspecified atom stereocenters. The van der Waals surface area contributed by atoms with Gasteiger partial charge in [-0.15, -0.1) is 0 Å². The normalized spacial score (nSPS) is 12.7. The SMILES string of the molecule is CC1=C(Cn2ccnc2)CCc2ccc(C(=O)O)cc21.CCOC(=O)Cl. The van der Waals surface area contributed by atoms with E-state index in [0.717, 1.165) is 24.9 Å². The Hall–Kier alpha value is -2.60. The van der Waals surface area contributed by atoms with Crippen molar-refractivity contribution in [3.8, 4) is 0 Å². The first-order chi connectivity index (χ1) is 12.4. The van der Waals surface area contributed by atoms with Gasteiger partial charge in [0.25, 0.3) is 0 Å². The van der Waals surface area contributed by atoms with Crippen LogP contribution in [0.1, 0.15) is 41.8 Å². The lowest BCUT2D eigenvalue weighted by Crippen LogP contribution is -2.10. The van der Waals surface area contributed by atoms with E-state index in [2.05, 4.69) is 16.6 Å². The van der Waals surface area contributed by atoms with Crippen molar-refractivity contribution in [3.05, 3.63) is 59.2 Å². The maximum atomic E-state index is 11.1. The molecule has 0 amide bonds. The first kappa shape index (κ1) is 19.7. The molecule has 1 aromatic heterocycles. The molecule has 0 saturated carbocycles. The van der Waals surface area contributed by atoms with Crippen molar-refractivity contribution in [3.63, 3.8) is 0 Å². The van der Waals surface area contributed by atoms with Crippen LogP contribution in [0.25, 0.3) is 5.57 Å². The van der Waals surface area contributed by atoms with Crippen LogP contribution in [0.3, 0.4) is 0 Å². The highest BCUT2D eigenvalue weighted by Gasteiger charge is 2.17. The summed E-state index contributed by atoms with van der Waals surface area (Å²) in [5.41, 5.74) is 4.47. The Balaban J connectivity index is 0.000000352. The highest BCUT2D eigenvalue weighted by molar-refractivity contribution is 6.61. The van der Waals surface area contributed by atoms with Gasteiger partial charge in [0.15, 0.2) is 0 Å². The third kappa shape index (κ3) is 5.20. The predicted molar refractivity (Wildman–Crippen MR) is 99.4 cm³/mol. The second-order valence-corrected chi connectivity index (χ2v) is 6.12. The Kier molecular flexibility index (Phi) is 6.97. The van der Waals surface area contributed by atoms with Crippen molar-refractivity contribution in [2.45, 2.75) is 33.2 Å². The maximum Gasteiger partial charge on any atom is 0.403 e. The molecule has 26 heavy (non-hydrogen) atoms. The molecule has 138 valence electrons.